The van der Waals surface area contributed by atoms with Crippen LogP contribution in [0.2, 0.25) is 0 Å². The number of unbranched alkanes of at least 4 members (excludes halogenated alkanes) is 1. The highest BCUT2D eigenvalue weighted by molar-refractivity contribution is 7.98. The number of aliphatic hydroxyl groups is 3. The number of fused-ring (bicyclic) bond motifs is 5. The largest absolute Gasteiger partial charge is 0.496 e. The number of benzene rings is 1. The number of nitrogens with one attached hydrogen (secondary N) is 9. The van der Waals surface area contributed by atoms with Gasteiger partial charge in [0.2, 0.25) is 53.2 Å². The number of hydrogen-bond donors (Lipinski definition) is 15. The maximum Gasteiger partial charge on any atom is 0.306 e. The number of H-pyrrole nitrogens is 1. The molecule has 0 saturated carbocycles. The molecular weight excluding hydrogens is 1380 g/mol. The van der Waals surface area contributed by atoms with E-state index in [0.717, 1.165) is 4.90 Å². The molecule has 570 valence electrons. The number of carbonyl (C=O) groups excluding carboxylic acids is 11. The molecule has 1 aromatic heterocycles. The average Bonchev–Trinajstić information content (AvgIpc) is 1.61. The molecule has 1 aromatic carbocycles. The van der Waals surface area contributed by atoms with Crippen LogP contribution in [0.3, 0.4) is 0 Å². The summed E-state index contributed by atoms with van der Waals surface area (Å²) in [5.41, 5.74) is 12.9. The summed E-state index contributed by atoms with van der Waals surface area (Å²) in [6, 6.07) is -3.70. The van der Waals surface area contributed by atoms with Crippen LogP contribution in [0.5, 0.6) is 5.75 Å². The third kappa shape index (κ3) is 27.4. The van der Waals surface area contributed by atoms with Crippen LogP contribution in [0.25, 0.3) is 10.9 Å². The van der Waals surface area contributed by atoms with E-state index in [0.29, 0.717) is 106 Å². The summed E-state index contributed by atoms with van der Waals surface area (Å²) in [5, 5.41) is 62.3. The lowest BCUT2D eigenvalue weighted by Crippen LogP contribution is -2.60. The lowest BCUT2D eigenvalue weighted by molar-refractivity contribution is -0.144. The number of amides is 9. The van der Waals surface area contributed by atoms with Crippen molar-refractivity contribution in [1.82, 2.24) is 52.4 Å². The van der Waals surface area contributed by atoms with E-state index < -0.39 is 206 Å². The van der Waals surface area contributed by atoms with Crippen LogP contribution in [0.15, 0.2) is 29.1 Å². The molecule has 0 spiro atoms. The number of nitrogens with two attached hydrogens (primary N) is 2. The molecule has 3 aliphatic rings. The van der Waals surface area contributed by atoms with Gasteiger partial charge in [0.05, 0.1) is 139 Å². The number of aromatic amines is 1. The van der Waals surface area contributed by atoms with Crippen molar-refractivity contribution in [2.24, 2.45) is 41.1 Å². The summed E-state index contributed by atoms with van der Waals surface area (Å²) in [6.45, 7) is 6.87. The number of methoxy groups -OCH3 is 1. The van der Waals surface area contributed by atoms with Gasteiger partial charge in [-0.2, -0.15) is 11.8 Å². The summed E-state index contributed by atoms with van der Waals surface area (Å²) in [7, 11) is -0.976. The van der Waals surface area contributed by atoms with E-state index in [1.54, 1.807) is 26.0 Å². The second-order valence-electron chi connectivity index (χ2n) is 25.4. The Balaban J connectivity index is 1.27. The molecule has 2 bridgehead atoms. The van der Waals surface area contributed by atoms with Crippen molar-refractivity contribution < 1.29 is 106 Å². The Morgan fingerprint density at radius 1 is 0.814 bits per heavy atom. The fourth-order valence-corrected chi connectivity index (χ4v) is 13.9. The predicted octanol–water partition coefficient (Wildman–Crippen LogP) is -3.23. The second-order valence-corrected chi connectivity index (χ2v) is 27.9. The Morgan fingerprint density at radius 2 is 1.49 bits per heavy atom. The molecule has 0 radical (unpaired) electrons. The fourth-order valence-electron chi connectivity index (χ4n) is 11.5. The van der Waals surface area contributed by atoms with Gasteiger partial charge in [-0.15, -0.1) is 0 Å². The van der Waals surface area contributed by atoms with E-state index in [4.69, 9.17) is 40.3 Å². The first kappa shape index (κ1) is 84.8. The average molecular weight is 1480 g/mol. The molecule has 3 aliphatic heterocycles. The van der Waals surface area contributed by atoms with Gasteiger partial charge in [0.1, 0.15) is 28.9 Å². The van der Waals surface area contributed by atoms with Gasteiger partial charge in [0.25, 0.3) is 0 Å². The maximum atomic E-state index is 15.4. The minimum Gasteiger partial charge on any atom is -0.496 e. The molecular formula is C66H102N12O22S2. The van der Waals surface area contributed by atoms with Crippen molar-refractivity contribution in [1.29, 1.82) is 0 Å². The first-order valence-electron chi connectivity index (χ1n) is 34.1. The molecule has 12 atom stereocenters. The van der Waals surface area contributed by atoms with Crippen LogP contribution in [-0.2, 0) is 99.5 Å². The highest BCUT2D eigenvalue weighted by Crippen LogP contribution is 2.37. The monoisotopic (exact) mass is 1480 g/mol. The number of primary amides is 1. The first-order chi connectivity index (χ1) is 48.7. The zero-order chi connectivity index (χ0) is 75.0. The minimum absolute atomic E-state index is 0.0725. The Kier molecular flexibility index (Phi) is 36.6. The molecule has 5 rings (SSSR count). The number of hydrogen-bond acceptors (Lipinski definition) is 24. The van der Waals surface area contributed by atoms with Gasteiger partial charge < -0.3 is 108 Å². The van der Waals surface area contributed by atoms with E-state index in [1.807, 2.05) is 0 Å². The summed E-state index contributed by atoms with van der Waals surface area (Å²) < 4.78 is 43.3. The highest BCUT2D eigenvalue weighted by Gasteiger charge is 2.45. The van der Waals surface area contributed by atoms with Gasteiger partial charge in [-0.05, 0) is 48.6 Å². The number of nitrogens with zero attached hydrogens (tertiary/aromatic N) is 1. The summed E-state index contributed by atoms with van der Waals surface area (Å²) in [4.78, 5) is 167. The van der Waals surface area contributed by atoms with Crippen molar-refractivity contribution >= 4 is 104 Å². The molecule has 36 heteroatoms. The number of rotatable bonds is 36. The van der Waals surface area contributed by atoms with Crippen molar-refractivity contribution in [3.8, 4) is 5.75 Å². The zero-order valence-electron chi connectivity index (χ0n) is 58.4. The summed E-state index contributed by atoms with van der Waals surface area (Å²) in [5.74, 6) is -14.6. The summed E-state index contributed by atoms with van der Waals surface area (Å²) in [6.07, 6.45) is -2.64. The predicted molar refractivity (Wildman–Crippen MR) is 371 cm³/mol. The molecule has 4 heterocycles. The zero-order valence-corrected chi connectivity index (χ0v) is 60.1. The van der Waals surface area contributed by atoms with Gasteiger partial charge in [-0.25, -0.2) is 0 Å². The van der Waals surface area contributed by atoms with Crippen LogP contribution < -0.4 is 58.7 Å². The Morgan fingerprint density at radius 3 is 2.15 bits per heavy atom. The number of aliphatic carboxylic acids is 1. The number of ketones is 2. The van der Waals surface area contributed by atoms with Crippen molar-refractivity contribution in [3.63, 3.8) is 0 Å². The fraction of sp³-hybridized carbons (Fsp3) is 0.667. The Bertz CT molecular complexity index is 3270. The maximum absolute atomic E-state index is 15.4. The van der Waals surface area contributed by atoms with Crippen LogP contribution >= 0.6 is 11.8 Å². The normalized spacial score (nSPS) is 22.7. The van der Waals surface area contributed by atoms with Gasteiger partial charge in [-0.3, -0.25) is 61.7 Å². The third-order valence-corrected chi connectivity index (χ3v) is 20.1. The smallest absolute Gasteiger partial charge is 0.306 e. The molecule has 34 nitrogen and oxygen atoms in total. The van der Waals surface area contributed by atoms with Gasteiger partial charge >= 0.3 is 5.97 Å². The molecule has 1 fully saturated rings. The van der Waals surface area contributed by atoms with Crippen LogP contribution in [0.4, 0.5) is 0 Å². The second kappa shape index (κ2) is 44.0. The molecule has 17 N–H and O–H groups in total. The van der Waals surface area contributed by atoms with E-state index >= 15 is 9.00 Å². The van der Waals surface area contributed by atoms with Gasteiger partial charge in [-0.1, -0.05) is 34.1 Å². The van der Waals surface area contributed by atoms with E-state index in [2.05, 4.69) is 47.5 Å². The van der Waals surface area contributed by atoms with E-state index in [1.165, 1.54) is 38.9 Å². The number of aliphatic hydroxyl groups excluding tert-OH is 3. The van der Waals surface area contributed by atoms with Crippen molar-refractivity contribution in [2.45, 2.75) is 139 Å². The quantitative estimate of drug-likeness (QED) is 0.0298. The standard InChI is InChI=1S/C66H102N12O22S2/c1-6-37(2)45-26-42(80)31-72-60(88)40-24-46-44-9-10-53(96-5)47(35-101-22-8-7-12-70-55(85)11-14-97-16-18-99-20-21-100-19-17-98-15-13-69-29-41(67)30-71-56(86)23-38(3)66(93)94)59(44)77-64(46)102(95)36-49(74-57(87)32-73-61(45)89)62(90)75-48(28-54(68)84)65(92)78-33-43(81)27-50(78)63(91)76-58(51(82)25-40)39(4)52(83)34-79/h9-10,29,37-40,43,45,48-50,52,58,69,77,79,81,83H,6-8,11-28,30-36,67H2,1-5H3,(H2,68,84)(H,70,85)(H,71,86)(H,72,88)(H,73,89)(H,74,87)(H,75,90)(H,76,91)(H,93,94)/b41-29-/t37-,38?,39-,40+,43+,45-,48-,49-,50-,52-,58-,102?/m0/s1. The van der Waals surface area contributed by atoms with E-state index in [-0.39, 0.29) is 54.8 Å². The van der Waals surface area contributed by atoms with Gasteiger partial charge in [0, 0.05) is 98.1 Å². The molecule has 1 saturated heterocycles. The topological polar surface area (TPSA) is 516 Å². The number of thioether (sulfide) groups is 1. The van der Waals surface area contributed by atoms with Crippen LogP contribution in [0, 0.1) is 29.6 Å². The number of carboxylic acids is 1. The van der Waals surface area contributed by atoms with Crippen molar-refractivity contribution in [2.75, 3.05) is 117 Å². The molecule has 0 aliphatic carbocycles. The molecule has 102 heavy (non-hydrogen) atoms. The lowest BCUT2D eigenvalue weighted by atomic mass is 9.85. The number of carbonyl (C=O) groups is 12. The number of ether oxygens (including phenoxy) is 5. The Hall–Kier alpha value is -7.84. The summed E-state index contributed by atoms with van der Waals surface area (Å²) >= 11 is 1.50. The minimum atomic E-state index is -2.42. The number of Topliss-reactive ketones (excluding diaryl/α,β-unsaturated/α-hetero) is 2. The lowest BCUT2D eigenvalue weighted by Gasteiger charge is -2.32. The molecule has 2 unspecified atom stereocenters. The molecule has 9 amide bonds. The third-order valence-electron chi connectivity index (χ3n) is 17.6. The Labute approximate surface area is 598 Å². The highest BCUT2D eigenvalue weighted by atomic mass is 32.2. The molecule has 2 aromatic rings. The van der Waals surface area contributed by atoms with Gasteiger partial charge in [0.15, 0.2) is 11.6 Å². The van der Waals surface area contributed by atoms with Crippen molar-refractivity contribution in [3.05, 3.63) is 35.2 Å². The van der Waals surface area contributed by atoms with E-state index in [9.17, 15) is 68.1 Å². The SMILES string of the molecule is CC[C@H](C)[C@@H]1CC(=O)CNC(=O)[C@H]2CC(=O)[C@H]([C@@H](C)[C@@H](O)CO)NC(=O)[C@@H]3C[C@@H](O)CN3C(=O)[C@H](CC(N)=O)NC(=O)[C@H](CS(=O)c3[nH]c4c(CSCCCCNC(=O)CCOCCOCCOCCOCCN/C=C(\N)CNC(=O)CC(C)C(=O)O)c(OC)ccc4c3C2)NC(=O)CNC1=O. The van der Waals surface area contributed by atoms with Crippen LogP contribution in [0.1, 0.15) is 96.6 Å². The number of carboxylic acid groups (broad SMARTS) is 1. The van der Waals surface area contributed by atoms with Crippen LogP contribution in [-0.4, -0.2) is 259 Å². The first-order valence-corrected chi connectivity index (χ1v) is 36.6. The number of aromatic nitrogens is 1.